The summed E-state index contributed by atoms with van der Waals surface area (Å²) in [5.74, 6) is -0.808. The van der Waals surface area contributed by atoms with Crippen molar-refractivity contribution in [3.05, 3.63) is 144 Å². The van der Waals surface area contributed by atoms with Crippen molar-refractivity contribution in [3.63, 3.8) is 0 Å². The average molecular weight is 715 g/mol. The van der Waals surface area contributed by atoms with Crippen LogP contribution in [0.5, 0.6) is 0 Å². The number of benzene rings is 4. The largest absolute Gasteiger partial charge is 0.415 e. The lowest BCUT2D eigenvalue weighted by atomic mass is 9.77. The van der Waals surface area contributed by atoms with Gasteiger partial charge in [-0.2, -0.15) is 8.42 Å². The molecule has 0 saturated carbocycles. The summed E-state index contributed by atoms with van der Waals surface area (Å²) in [6.07, 6.45) is 0.00934. The van der Waals surface area contributed by atoms with Crippen LogP contribution in [0, 0.1) is 0 Å². The second kappa shape index (κ2) is 16.7. The first kappa shape index (κ1) is 38.7. The van der Waals surface area contributed by atoms with Crippen molar-refractivity contribution in [2.45, 2.75) is 75.9 Å². The van der Waals surface area contributed by atoms with E-state index in [9.17, 15) is 18.0 Å². The average Bonchev–Trinajstić information content (AvgIpc) is 3.08. The molecule has 2 amide bonds. The van der Waals surface area contributed by atoms with Gasteiger partial charge in [0.1, 0.15) is 5.54 Å². The van der Waals surface area contributed by atoms with Crippen molar-refractivity contribution in [2.75, 3.05) is 12.9 Å². The predicted molar refractivity (Wildman–Crippen MR) is 202 cm³/mol. The molecule has 0 radical (unpaired) electrons. The van der Waals surface area contributed by atoms with Gasteiger partial charge in [0.2, 0.25) is 5.91 Å². The van der Waals surface area contributed by atoms with Crippen molar-refractivity contribution >= 4 is 30.2 Å². The van der Waals surface area contributed by atoms with Gasteiger partial charge >= 0.3 is 0 Å². The van der Waals surface area contributed by atoms with Gasteiger partial charge in [-0.15, -0.1) is 0 Å². The smallest absolute Gasteiger partial charge is 0.265 e. The molecule has 0 bridgehead atoms. The van der Waals surface area contributed by atoms with Gasteiger partial charge in [-0.1, -0.05) is 142 Å². The Morgan fingerprint density at radius 3 is 1.60 bits per heavy atom. The topological polar surface area (TPSA) is 111 Å². The molecule has 10 heteroatoms. The van der Waals surface area contributed by atoms with E-state index in [1.165, 1.54) is 0 Å². The molecule has 0 aliphatic heterocycles. The van der Waals surface area contributed by atoms with E-state index in [0.717, 1.165) is 28.5 Å². The molecule has 0 aromatic heterocycles. The Hall–Kier alpha value is -4.09. The summed E-state index contributed by atoms with van der Waals surface area (Å²) in [6, 6.07) is 38.1. The van der Waals surface area contributed by atoms with Crippen LogP contribution in [0.15, 0.2) is 121 Å². The monoisotopic (exact) mass is 714 g/mol. The molecule has 4 aromatic carbocycles. The van der Waals surface area contributed by atoms with Crippen LogP contribution >= 0.6 is 0 Å². The molecule has 0 unspecified atom stereocenters. The SMILES string of the molecule is CC(C)(C)[Si](C)(C)OC[C@H](CCC(=O)NC(c1ccccc1)(c1ccccc1)c1ccccc1)NC(=O)[C@@H](Cc1ccccc1)OS(C)(=O)=O. The maximum atomic E-state index is 14.1. The van der Waals surface area contributed by atoms with Gasteiger partial charge in [0.05, 0.1) is 18.9 Å². The van der Waals surface area contributed by atoms with E-state index in [1.807, 2.05) is 121 Å². The van der Waals surface area contributed by atoms with E-state index >= 15 is 0 Å². The van der Waals surface area contributed by atoms with Gasteiger partial charge in [-0.3, -0.25) is 13.8 Å². The molecule has 266 valence electrons. The number of carbonyl (C=O) groups is 2. The third-order valence-corrected chi connectivity index (χ3v) is 14.4. The lowest BCUT2D eigenvalue weighted by Crippen LogP contribution is -2.50. The van der Waals surface area contributed by atoms with E-state index in [4.69, 9.17) is 8.61 Å². The van der Waals surface area contributed by atoms with Gasteiger partial charge in [0, 0.05) is 12.8 Å². The maximum Gasteiger partial charge on any atom is 0.265 e. The normalized spacial score (nSPS) is 13.6. The highest BCUT2D eigenvalue weighted by Crippen LogP contribution is 2.38. The number of hydrogen-bond donors (Lipinski definition) is 2. The quantitative estimate of drug-likeness (QED) is 0.0737. The van der Waals surface area contributed by atoms with Crippen LogP contribution < -0.4 is 10.6 Å². The molecule has 4 rings (SSSR count). The first-order valence-corrected chi connectivity index (χ1v) is 21.7. The maximum absolute atomic E-state index is 14.1. The Kier molecular flexibility index (Phi) is 13.0. The molecule has 50 heavy (non-hydrogen) atoms. The van der Waals surface area contributed by atoms with Crippen LogP contribution in [0.1, 0.15) is 55.9 Å². The molecule has 2 atom stereocenters. The van der Waals surface area contributed by atoms with Crippen LogP contribution in [0.3, 0.4) is 0 Å². The van der Waals surface area contributed by atoms with Gasteiger partial charge in [-0.25, -0.2) is 0 Å². The molecular formula is C40H50N2O6SSi. The number of carbonyl (C=O) groups excluding carboxylic acids is 2. The highest BCUT2D eigenvalue weighted by Gasteiger charge is 2.39. The van der Waals surface area contributed by atoms with E-state index in [2.05, 4.69) is 44.5 Å². The lowest BCUT2D eigenvalue weighted by molar-refractivity contribution is -0.129. The minimum absolute atomic E-state index is 0.0593. The molecule has 0 fully saturated rings. The van der Waals surface area contributed by atoms with Crippen molar-refractivity contribution < 1.29 is 26.6 Å². The Balaban J connectivity index is 1.63. The highest BCUT2D eigenvalue weighted by molar-refractivity contribution is 7.86. The Bertz CT molecular complexity index is 1680. The second-order valence-corrected chi connectivity index (χ2v) is 20.6. The van der Waals surface area contributed by atoms with Crippen molar-refractivity contribution in [3.8, 4) is 0 Å². The number of amides is 2. The zero-order valence-corrected chi connectivity index (χ0v) is 31.7. The molecule has 0 saturated heterocycles. The third-order valence-electron chi connectivity index (χ3n) is 9.31. The summed E-state index contributed by atoms with van der Waals surface area (Å²) in [5.41, 5.74) is 2.47. The van der Waals surface area contributed by atoms with Crippen LogP contribution in [0.2, 0.25) is 18.1 Å². The zero-order chi connectivity index (χ0) is 36.4. The summed E-state index contributed by atoms with van der Waals surface area (Å²) in [4.78, 5) is 27.9. The van der Waals surface area contributed by atoms with Gasteiger partial charge in [-0.05, 0) is 46.8 Å². The molecular weight excluding hydrogens is 665 g/mol. The van der Waals surface area contributed by atoms with Crippen molar-refractivity contribution in [1.29, 1.82) is 0 Å². The van der Waals surface area contributed by atoms with Crippen LogP contribution in [-0.4, -0.2) is 53.6 Å². The minimum Gasteiger partial charge on any atom is -0.415 e. The van der Waals surface area contributed by atoms with Gasteiger partial charge < -0.3 is 15.1 Å². The second-order valence-electron chi connectivity index (χ2n) is 14.2. The van der Waals surface area contributed by atoms with E-state index in [1.54, 1.807) is 0 Å². The third kappa shape index (κ3) is 10.5. The molecule has 8 nitrogen and oxygen atoms in total. The number of rotatable bonds is 16. The van der Waals surface area contributed by atoms with E-state index in [0.29, 0.717) is 0 Å². The van der Waals surface area contributed by atoms with Crippen LogP contribution in [-0.2, 0) is 40.3 Å². The molecule has 0 heterocycles. The van der Waals surface area contributed by atoms with Gasteiger partial charge in [0.15, 0.2) is 14.4 Å². The number of nitrogens with one attached hydrogen (secondary N) is 2. The standard InChI is InChI=1S/C40H50N2O6SSi/c1-39(2,3)50(5,6)47-30-35(41-38(44)36(48-49(4,45)46)29-31-19-11-7-12-20-31)27-28-37(43)42-40(32-21-13-8-14-22-32,33-23-15-9-16-24-33)34-25-17-10-18-26-34/h7-26,35-36H,27-30H2,1-6H3,(H,41,44)(H,42,43)/t35-,36+/m0/s1. The van der Waals surface area contributed by atoms with E-state index < -0.39 is 42.0 Å². The summed E-state index contributed by atoms with van der Waals surface area (Å²) < 4.78 is 36.2. The molecule has 0 aliphatic rings. The highest BCUT2D eigenvalue weighted by atomic mass is 32.2. The van der Waals surface area contributed by atoms with Crippen LogP contribution in [0.25, 0.3) is 0 Å². The Labute approximate surface area is 298 Å². The Morgan fingerprint density at radius 2 is 1.18 bits per heavy atom. The Morgan fingerprint density at radius 1 is 0.740 bits per heavy atom. The van der Waals surface area contributed by atoms with Crippen molar-refractivity contribution in [2.24, 2.45) is 0 Å². The first-order chi connectivity index (χ1) is 23.6. The fourth-order valence-corrected chi connectivity index (χ4v) is 7.21. The van der Waals surface area contributed by atoms with Crippen LogP contribution in [0.4, 0.5) is 0 Å². The molecule has 4 aromatic rings. The minimum atomic E-state index is -3.95. The molecule has 0 spiro atoms. The van der Waals surface area contributed by atoms with Gasteiger partial charge in [0.25, 0.3) is 16.0 Å². The summed E-state index contributed by atoms with van der Waals surface area (Å²) >= 11 is 0. The molecule has 0 aliphatic carbocycles. The molecule has 2 N–H and O–H groups in total. The lowest BCUT2D eigenvalue weighted by Gasteiger charge is -2.38. The fourth-order valence-electron chi connectivity index (χ4n) is 5.58. The number of hydrogen-bond acceptors (Lipinski definition) is 6. The van der Waals surface area contributed by atoms with Crippen molar-refractivity contribution in [1.82, 2.24) is 10.6 Å². The summed E-state index contributed by atoms with van der Waals surface area (Å²) in [5, 5.41) is 6.28. The summed E-state index contributed by atoms with van der Waals surface area (Å²) in [7, 11) is -6.20. The fraction of sp³-hybridized carbons (Fsp3) is 0.350. The first-order valence-electron chi connectivity index (χ1n) is 16.9. The zero-order valence-electron chi connectivity index (χ0n) is 29.9. The predicted octanol–water partition coefficient (Wildman–Crippen LogP) is 6.97. The summed E-state index contributed by atoms with van der Waals surface area (Å²) in [6.45, 7) is 10.8. The van der Waals surface area contributed by atoms with E-state index in [-0.39, 0.29) is 36.8 Å².